The number of hydrogen-bond donors (Lipinski definition) is 2. The molecule has 1 aliphatic rings. The molecule has 1 aliphatic heterocycles. The third-order valence-electron chi connectivity index (χ3n) is 5.13. The van der Waals surface area contributed by atoms with E-state index in [4.69, 9.17) is 4.74 Å². The fraction of sp³-hybridized carbons (Fsp3) is 0.476. The van der Waals surface area contributed by atoms with Crippen molar-refractivity contribution in [2.24, 2.45) is 5.41 Å². The molecule has 1 amide bonds. The Hall–Kier alpha value is -1.56. The summed E-state index contributed by atoms with van der Waals surface area (Å²) in [6.45, 7) is 2.97. The van der Waals surface area contributed by atoms with Gasteiger partial charge in [-0.15, -0.1) is 0 Å². The number of amides is 1. The zero-order valence-corrected chi connectivity index (χ0v) is 16.2. The van der Waals surface area contributed by atoms with Crippen LogP contribution in [0.5, 0.6) is 0 Å². The van der Waals surface area contributed by atoms with Gasteiger partial charge in [-0.3, -0.25) is 4.79 Å². The van der Waals surface area contributed by atoms with E-state index >= 15 is 0 Å². The minimum Gasteiger partial charge on any atom is -0.384 e. The Balaban J connectivity index is 1.47. The second-order valence-electron chi connectivity index (χ2n) is 6.91. The number of carbonyl (C=O) groups is 1. The zero-order chi connectivity index (χ0) is 18.2. The van der Waals surface area contributed by atoms with Crippen molar-refractivity contribution >= 4 is 28.4 Å². The van der Waals surface area contributed by atoms with Crippen LogP contribution in [0, 0.1) is 5.41 Å². The number of methoxy groups -OCH3 is 1. The topological polar surface area (TPSA) is 50.4 Å². The molecule has 0 saturated carbocycles. The first kappa shape index (κ1) is 19.2. The van der Waals surface area contributed by atoms with E-state index in [1.165, 1.54) is 16.3 Å². The van der Waals surface area contributed by atoms with Crippen LogP contribution < -0.4 is 10.6 Å². The van der Waals surface area contributed by atoms with Crippen LogP contribution in [0.15, 0.2) is 42.5 Å². The number of nitrogens with one attached hydrogen (secondary N) is 2. The maximum absolute atomic E-state index is 12.7. The first-order valence-corrected chi connectivity index (χ1v) is 10.4. The highest BCUT2D eigenvalue weighted by Gasteiger charge is 2.39. The van der Waals surface area contributed by atoms with Gasteiger partial charge in [-0.05, 0) is 42.3 Å². The van der Waals surface area contributed by atoms with E-state index < -0.39 is 0 Å². The van der Waals surface area contributed by atoms with Crippen molar-refractivity contribution in [1.82, 2.24) is 10.6 Å². The minimum atomic E-state index is -0.361. The van der Waals surface area contributed by atoms with Gasteiger partial charge in [0.05, 0.1) is 12.0 Å². The minimum absolute atomic E-state index is 0.145. The highest BCUT2D eigenvalue weighted by atomic mass is 32.2. The molecule has 1 heterocycles. The maximum Gasteiger partial charge on any atom is 0.228 e. The molecule has 140 valence electrons. The van der Waals surface area contributed by atoms with Gasteiger partial charge < -0.3 is 15.4 Å². The summed E-state index contributed by atoms with van der Waals surface area (Å²) in [6, 6.07) is 15.0. The molecule has 0 aromatic heterocycles. The molecule has 4 nitrogen and oxygen atoms in total. The van der Waals surface area contributed by atoms with Crippen molar-refractivity contribution in [1.29, 1.82) is 0 Å². The van der Waals surface area contributed by atoms with Gasteiger partial charge in [-0.2, -0.15) is 11.8 Å². The van der Waals surface area contributed by atoms with Crippen molar-refractivity contribution in [3.63, 3.8) is 0 Å². The first-order chi connectivity index (χ1) is 12.7. The van der Waals surface area contributed by atoms with Gasteiger partial charge in [0, 0.05) is 25.2 Å². The summed E-state index contributed by atoms with van der Waals surface area (Å²) in [6.07, 6.45) is 1.69. The number of benzene rings is 2. The molecule has 1 fully saturated rings. The number of ether oxygens (including phenoxy) is 1. The van der Waals surface area contributed by atoms with E-state index in [2.05, 4.69) is 53.1 Å². The summed E-state index contributed by atoms with van der Waals surface area (Å²) in [5, 5.41) is 9.06. The third-order valence-corrected chi connectivity index (χ3v) is 6.14. The van der Waals surface area contributed by atoms with Gasteiger partial charge in [0.25, 0.3) is 0 Å². The van der Waals surface area contributed by atoms with Crippen LogP contribution in [-0.4, -0.2) is 45.0 Å². The first-order valence-electron chi connectivity index (χ1n) is 9.27. The molecule has 2 aromatic carbocycles. The highest BCUT2D eigenvalue weighted by molar-refractivity contribution is 7.98. The smallest absolute Gasteiger partial charge is 0.228 e. The molecule has 5 heteroatoms. The Morgan fingerprint density at radius 1 is 1.19 bits per heavy atom. The highest BCUT2D eigenvalue weighted by Crippen LogP contribution is 2.29. The Kier molecular flexibility index (Phi) is 6.94. The molecule has 2 N–H and O–H groups in total. The van der Waals surface area contributed by atoms with Crippen LogP contribution >= 0.6 is 11.8 Å². The Bertz CT molecular complexity index is 718. The van der Waals surface area contributed by atoms with E-state index in [1.54, 1.807) is 7.11 Å². The molecule has 0 atom stereocenters. The van der Waals surface area contributed by atoms with Crippen LogP contribution in [0.4, 0.5) is 0 Å². The predicted octanol–water partition coefficient (Wildman–Crippen LogP) is 3.21. The van der Waals surface area contributed by atoms with Crippen molar-refractivity contribution < 1.29 is 9.53 Å². The summed E-state index contributed by atoms with van der Waals surface area (Å²) in [7, 11) is 1.68. The number of fused-ring (bicyclic) bond motifs is 1. The lowest BCUT2D eigenvalue weighted by atomic mass is 9.78. The van der Waals surface area contributed by atoms with Crippen LogP contribution in [0.3, 0.4) is 0 Å². The van der Waals surface area contributed by atoms with Gasteiger partial charge >= 0.3 is 0 Å². The monoisotopic (exact) mass is 372 g/mol. The summed E-state index contributed by atoms with van der Waals surface area (Å²) in [5.41, 5.74) is 0.994. The normalized spacial score (nSPS) is 16.5. The summed E-state index contributed by atoms with van der Waals surface area (Å²) >= 11 is 1.86. The van der Waals surface area contributed by atoms with Crippen molar-refractivity contribution in [3.05, 3.63) is 48.0 Å². The second kappa shape index (κ2) is 9.40. The fourth-order valence-corrected chi connectivity index (χ4v) is 4.51. The van der Waals surface area contributed by atoms with Gasteiger partial charge in [-0.25, -0.2) is 0 Å². The molecular weight excluding hydrogens is 344 g/mol. The Morgan fingerprint density at radius 3 is 2.77 bits per heavy atom. The molecule has 3 rings (SSSR count). The summed E-state index contributed by atoms with van der Waals surface area (Å²) in [5.74, 6) is 2.02. The van der Waals surface area contributed by atoms with Crippen molar-refractivity contribution in [2.45, 2.75) is 18.6 Å². The quantitative estimate of drug-likeness (QED) is 0.699. The number of thioether (sulfide) groups is 1. The number of carbonyl (C=O) groups excluding carboxylic acids is 1. The lowest BCUT2D eigenvalue weighted by Crippen LogP contribution is -2.50. The van der Waals surface area contributed by atoms with Gasteiger partial charge in [-0.1, -0.05) is 42.5 Å². The van der Waals surface area contributed by atoms with Crippen LogP contribution in [0.25, 0.3) is 10.8 Å². The maximum atomic E-state index is 12.7. The lowest BCUT2D eigenvalue weighted by molar-refractivity contribution is -0.136. The molecule has 0 bridgehead atoms. The molecule has 0 aliphatic carbocycles. The van der Waals surface area contributed by atoms with Gasteiger partial charge in [0.1, 0.15) is 0 Å². The van der Waals surface area contributed by atoms with E-state index in [-0.39, 0.29) is 11.3 Å². The van der Waals surface area contributed by atoms with Crippen molar-refractivity contribution in [3.8, 4) is 0 Å². The van der Waals surface area contributed by atoms with Crippen LogP contribution in [-0.2, 0) is 15.3 Å². The molecule has 0 spiro atoms. The third kappa shape index (κ3) is 4.58. The molecule has 0 unspecified atom stereocenters. The van der Waals surface area contributed by atoms with Crippen LogP contribution in [0.1, 0.15) is 18.4 Å². The number of hydrogen-bond acceptors (Lipinski definition) is 4. The molecule has 0 radical (unpaired) electrons. The predicted molar refractivity (Wildman–Crippen MR) is 110 cm³/mol. The van der Waals surface area contributed by atoms with Gasteiger partial charge in [0.2, 0.25) is 5.91 Å². The molecular formula is C21H28N2O2S. The van der Waals surface area contributed by atoms with E-state index in [9.17, 15) is 4.79 Å². The van der Waals surface area contributed by atoms with E-state index in [0.717, 1.165) is 37.4 Å². The van der Waals surface area contributed by atoms with Gasteiger partial charge in [0.15, 0.2) is 0 Å². The standard InChI is InChI=1S/C21H28N2O2S/c1-25-16-21(9-11-22-12-10-21)20(24)23-13-14-26-15-18-7-4-6-17-5-2-3-8-19(17)18/h2-8,22H,9-16H2,1H3,(H,23,24). The van der Waals surface area contributed by atoms with Crippen molar-refractivity contribution in [2.75, 3.05) is 39.1 Å². The Labute approximate surface area is 160 Å². The summed E-state index contributed by atoms with van der Waals surface area (Å²) in [4.78, 5) is 12.7. The fourth-order valence-electron chi connectivity index (χ4n) is 3.64. The van der Waals surface area contributed by atoms with E-state index in [1.807, 2.05) is 11.8 Å². The SMILES string of the molecule is COCC1(C(=O)NCCSCc2cccc3ccccc23)CCNCC1. The average Bonchev–Trinajstić information content (AvgIpc) is 2.68. The Morgan fingerprint density at radius 2 is 1.96 bits per heavy atom. The summed E-state index contributed by atoms with van der Waals surface area (Å²) < 4.78 is 5.34. The number of piperidine rings is 1. The number of rotatable bonds is 8. The molecule has 2 aromatic rings. The molecule has 26 heavy (non-hydrogen) atoms. The second-order valence-corrected chi connectivity index (χ2v) is 8.02. The molecule has 1 saturated heterocycles. The lowest BCUT2D eigenvalue weighted by Gasteiger charge is -2.35. The zero-order valence-electron chi connectivity index (χ0n) is 15.4. The average molecular weight is 373 g/mol. The van der Waals surface area contributed by atoms with Crippen LogP contribution in [0.2, 0.25) is 0 Å². The largest absolute Gasteiger partial charge is 0.384 e. The van der Waals surface area contributed by atoms with E-state index in [0.29, 0.717) is 13.2 Å².